The highest BCUT2D eigenvalue weighted by Crippen LogP contribution is 2.70. The third kappa shape index (κ3) is 6.68. The topological polar surface area (TPSA) is 77.3 Å². The first kappa shape index (κ1) is 40.8. The minimum atomic E-state index is 0.0169. The zero-order valence-electron chi connectivity index (χ0n) is 38.7. The van der Waals surface area contributed by atoms with Gasteiger partial charge in [0.05, 0.1) is 0 Å². The van der Waals surface area contributed by atoms with Crippen LogP contribution in [0.5, 0.6) is 0 Å². The van der Waals surface area contributed by atoms with Crippen molar-refractivity contribution in [2.24, 2.45) is 23.7 Å². The Bertz CT molecular complexity index is 3450. The summed E-state index contributed by atoms with van der Waals surface area (Å²) in [5, 5.41) is 0. The van der Waals surface area contributed by atoms with Gasteiger partial charge in [0.1, 0.15) is 0 Å². The van der Waals surface area contributed by atoms with E-state index < -0.39 is 0 Å². The minimum Gasteiger partial charge on any atom is -0.208 e. The highest BCUT2D eigenvalue weighted by atomic mass is 15.0. The molecule has 4 fully saturated rings. The molecule has 5 aliphatic rings. The normalized spacial score (nSPS) is 20.3. The molecule has 2 aromatic heterocycles. The van der Waals surface area contributed by atoms with Gasteiger partial charge < -0.3 is 0 Å². The molecular weight excluding hydrogens is 853 g/mol. The van der Waals surface area contributed by atoms with Crippen molar-refractivity contribution in [2.45, 2.75) is 37.5 Å². The Morgan fingerprint density at radius 2 is 0.686 bits per heavy atom. The molecule has 4 bridgehead atoms. The van der Waals surface area contributed by atoms with Crippen LogP contribution in [0.4, 0.5) is 0 Å². The summed E-state index contributed by atoms with van der Waals surface area (Å²) in [6.07, 6.45) is 6.74. The molecule has 0 atom stereocenters. The molecule has 15 rings (SSSR count). The zero-order chi connectivity index (χ0) is 46.2. The van der Waals surface area contributed by atoms with Crippen LogP contribution < -0.4 is 0 Å². The highest BCUT2D eigenvalue weighted by molar-refractivity contribution is 5.96. The molecule has 10 aromatic rings. The van der Waals surface area contributed by atoms with Crippen LogP contribution in [0, 0.1) is 23.7 Å². The van der Waals surface area contributed by atoms with E-state index in [9.17, 15) is 0 Å². The lowest BCUT2D eigenvalue weighted by molar-refractivity contribution is -0.0399. The molecule has 6 nitrogen and oxygen atoms in total. The standard InChI is InChI=1S/C64H48N6/c1-6-17-42(18-7-1)52-27-16-28-56-57(52)54-38-47(30-32-55(54)64(56)49-34-40-33-41(36-49)37-50(64)35-40)51-31-29-48(62-67-58(43-19-8-2-9-20-43)65-59(68-62)44-21-10-3-11-22-44)39-53(51)63-69-60(45-23-12-4-13-24-45)66-61(70-63)46-25-14-5-15-26-46/h1-32,38-41,49-50H,33-37H2. The van der Waals surface area contributed by atoms with E-state index in [0.717, 1.165) is 56.3 Å². The van der Waals surface area contributed by atoms with Crippen LogP contribution in [0.1, 0.15) is 43.2 Å². The predicted molar refractivity (Wildman–Crippen MR) is 280 cm³/mol. The second-order valence-corrected chi connectivity index (χ2v) is 19.9. The monoisotopic (exact) mass is 900 g/mol. The van der Waals surface area contributed by atoms with Gasteiger partial charge in [0, 0.05) is 38.8 Å². The van der Waals surface area contributed by atoms with Crippen LogP contribution in [0.15, 0.2) is 206 Å². The van der Waals surface area contributed by atoms with Gasteiger partial charge in [-0.05, 0) is 112 Å². The summed E-state index contributed by atoms with van der Waals surface area (Å²) in [5.41, 5.74) is 15.9. The molecule has 0 unspecified atom stereocenters. The lowest BCUT2D eigenvalue weighted by atomic mass is 9.43. The number of rotatable bonds is 8. The smallest absolute Gasteiger partial charge is 0.164 e. The average Bonchev–Trinajstić information content (AvgIpc) is 3.73. The van der Waals surface area contributed by atoms with E-state index in [4.69, 9.17) is 29.9 Å². The summed E-state index contributed by atoms with van der Waals surface area (Å²) in [7, 11) is 0. The van der Waals surface area contributed by atoms with Gasteiger partial charge in [-0.15, -0.1) is 0 Å². The van der Waals surface area contributed by atoms with Crippen LogP contribution in [0.3, 0.4) is 0 Å². The van der Waals surface area contributed by atoms with Crippen LogP contribution in [-0.4, -0.2) is 29.9 Å². The van der Waals surface area contributed by atoms with Gasteiger partial charge in [-0.25, -0.2) is 29.9 Å². The van der Waals surface area contributed by atoms with Crippen molar-refractivity contribution < 1.29 is 0 Å². The third-order valence-corrected chi connectivity index (χ3v) is 16.0. The Morgan fingerprint density at radius 1 is 0.271 bits per heavy atom. The van der Waals surface area contributed by atoms with Crippen LogP contribution in [0.25, 0.3) is 102 Å². The number of fused-ring (bicyclic) bond motifs is 3. The predicted octanol–water partition coefficient (Wildman–Crippen LogP) is 15.1. The fourth-order valence-electron chi connectivity index (χ4n) is 13.3. The summed E-state index contributed by atoms with van der Waals surface area (Å²) in [6.45, 7) is 0. The molecule has 1 spiro atoms. The minimum absolute atomic E-state index is 0.0169. The molecule has 0 amide bonds. The second-order valence-electron chi connectivity index (χ2n) is 19.9. The summed E-state index contributed by atoms with van der Waals surface area (Å²) in [6, 6.07) is 72.9. The number of aromatic nitrogens is 6. The molecule has 0 radical (unpaired) electrons. The Morgan fingerprint density at radius 3 is 1.17 bits per heavy atom. The summed E-state index contributed by atoms with van der Waals surface area (Å²) >= 11 is 0. The zero-order valence-corrected chi connectivity index (χ0v) is 38.7. The Hall–Kier alpha value is -8.22. The highest BCUT2D eigenvalue weighted by Gasteiger charge is 2.61. The second kappa shape index (κ2) is 16.5. The van der Waals surface area contributed by atoms with E-state index in [1.807, 2.05) is 97.1 Å². The summed E-state index contributed by atoms with van der Waals surface area (Å²) < 4.78 is 0. The number of hydrogen-bond donors (Lipinski definition) is 0. The maximum Gasteiger partial charge on any atom is 0.164 e. The largest absolute Gasteiger partial charge is 0.208 e. The number of benzene rings is 8. The quantitative estimate of drug-likeness (QED) is 0.151. The van der Waals surface area contributed by atoms with Crippen molar-refractivity contribution >= 4 is 0 Å². The van der Waals surface area contributed by atoms with Gasteiger partial charge in [-0.2, -0.15) is 0 Å². The molecule has 8 aromatic carbocycles. The summed E-state index contributed by atoms with van der Waals surface area (Å²) in [4.78, 5) is 31.2. The lowest BCUT2D eigenvalue weighted by Gasteiger charge is -2.61. The van der Waals surface area contributed by atoms with Crippen molar-refractivity contribution in [1.82, 2.24) is 29.9 Å². The molecular formula is C64H48N6. The van der Waals surface area contributed by atoms with Crippen LogP contribution in [0.2, 0.25) is 0 Å². The van der Waals surface area contributed by atoms with Crippen molar-refractivity contribution in [1.29, 1.82) is 0 Å². The van der Waals surface area contributed by atoms with Crippen molar-refractivity contribution in [3.8, 4) is 102 Å². The van der Waals surface area contributed by atoms with Gasteiger partial charge in [0.15, 0.2) is 34.9 Å². The van der Waals surface area contributed by atoms with E-state index in [0.29, 0.717) is 46.8 Å². The Kier molecular flexibility index (Phi) is 9.61. The number of nitrogens with zero attached hydrogens (tertiary/aromatic N) is 6. The first-order valence-corrected chi connectivity index (χ1v) is 24.9. The van der Waals surface area contributed by atoms with Crippen LogP contribution in [-0.2, 0) is 5.41 Å². The van der Waals surface area contributed by atoms with Gasteiger partial charge in [-0.1, -0.05) is 194 Å². The van der Waals surface area contributed by atoms with E-state index >= 15 is 0 Å². The Balaban J connectivity index is 1.01. The molecule has 5 aliphatic carbocycles. The first-order valence-electron chi connectivity index (χ1n) is 24.9. The molecule has 0 saturated heterocycles. The molecule has 0 aliphatic heterocycles. The fourth-order valence-corrected chi connectivity index (χ4v) is 13.3. The van der Waals surface area contributed by atoms with Gasteiger partial charge in [0.2, 0.25) is 0 Å². The fraction of sp³-hybridized carbons (Fsp3) is 0.156. The summed E-state index contributed by atoms with van der Waals surface area (Å²) in [5.74, 6) is 6.60. The average molecular weight is 901 g/mol. The van der Waals surface area contributed by atoms with E-state index in [-0.39, 0.29) is 5.41 Å². The van der Waals surface area contributed by atoms with Gasteiger partial charge in [0.25, 0.3) is 0 Å². The maximum absolute atomic E-state index is 5.36. The van der Waals surface area contributed by atoms with E-state index in [1.54, 1.807) is 5.56 Å². The van der Waals surface area contributed by atoms with E-state index in [1.165, 1.54) is 59.9 Å². The molecule has 4 saturated carbocycles. The third-order valence-electron chi connectivity index (χ3n) is 16.0. The van der Waals surface area contributed by atoms with Crippen molar-refractivity contribution in [3.63, 3.8) is 0 Å². The molecule has 334 valence electrons. The number of hydrogen-bond acceptors (Lipinski definition) is 6. The van der Waals surface area contributed by atoms with Crippen LogP contribution >= 0.6 is 0 Å². The molecule has 2 heterocycles. The molecule has 70 heavy (non-hydrogen) atoms. The van der Waals surface area contributed by atoms with Crippen molar-refractivity contribution in [2.75, 3.05) is 0 Å². The SMILES string of the molecule is c1ccc(-c2nc(-c3ccccc3)nc(-c3ccc(-c4ccc5c(c4)-c4c(-c6ccccc6)cccc4C54C5CC6CC(C5)CC4C6)c(-c4nc(-c5ccccc5)nc(-c5ccccc5)n4)c3)n2)cc1. The first-order chi connectivity index (χ1) is 34.6. The molecule has 6 heteroatoms. The Labute approximate surface area is 408 Å². The van der Waals surface area contributed by atoms with Crippen molar-refractivity contribution in [3.05, 3.63) is 217 Å². The van der Waals surface area contributed by atoms with Gasteiger partial charge in [-0.3, -0.25) is 0 Å². The van der Waals surface area contributed by atoms with E-state index in [2.05, 4.69) is 109 Å². The maximum atomic E-state index is 5.36. The molecule has 0 N–H and O–H groups in total. The lowest BCUT2D eigenvalue weighted by Crippen LogP contribution is -2.55. The van der Waals surface area contributed by atoms with Gasteiger partial charge >= 0.3 is 0 Å².